The van der Waals surface area contributed by atoms with Gasteiger partial charge in [0.15, 0.2) is 0 Å². The van der Waals surface area contributed by atoms with Crippen molar-refractivity contribution in [1.82, 2.24) is 10.2 Å². The molecule has 0 saturated carbocycles. The lowest BCUT2D eigenvalue weighted by Crippen LogP contribution is -2.13. The highest BCUT2D eigenvalue weighted by Crippen LogP contribution is 2.26. The summed E-state index contributed by atoms with van der Waals surface area (Å²) >= 11 is 0. The second-order valence-corrected chi connectivity index (χ2v) is 5.45. The molecule has 21 heavy (non-hydrogen) atoms. The van der Waals surface area contributed by atoms with Crippen molar-refractivity contribution < 1.29 is 9.53 Å². The van der Waals surface area contributed by atoms with E-state index < -0.39 is 0 Å². The number of rotatable bonds is 3. The van der Waals surface area contributed by atoms with Crippen molar-refractivity contribution in [3.63, 3.8) is 0 Å². The third-order valence-electron chi connectivity index (χ3n) is 3.92. The summed E-state index contributed by atoms with van der Waals surface area (Å²) in [4.78, 5) is 12.4. The number of benzene rings is 1. The van der Waals surface area contributed by atoms with Gasteiger partial charge in [0.25, 0.3) is 5.91 Å². The molecule has 110 valence electrons. The Morgan fingerprint density at radius 1 is 1.43 bits per heavy atom. The minimum atomic E-state index is -0.108. The Hall–Kier alpha value is -2.14. The molecule has 1 fully saturated rings. The van der Waals surface area contributed by atoms with E-state index in [9.17, 15) is 4.79 Å². The van der Waals surface area contributed by atoms with E-state index in [1.54, 1.807) is 0 Å². The van der Waals surface area contributed by atoms with Crippen molar-refractivity contribution in [2.45, 2.75) is 26.2 Å². The van der Waals surface area contributed by atoms with Gasteiger partial charge in [-0.05, 0) is 38.0 Å². The Kier molecular flexibility index (Phi) is 3.75. The van der Waals surface area contributed by atoms with Crippen LogP contribution in [0.2, 0.25) is 0 Å². The molecule has 1 aliphatic heterocycles. The Bertz CT molecular complexity index is 638. The lowest BCUT2D eigenvalue weighted by Gasteiger charge is -2.10. The molecule has 5 nitrogen and oxygen atoms in total. The summed E-state index contributed by atoms with van der Waals surface area (Å²) in [7, 11) is 0. The van der Waals surface area contributed by atoms with Gasteiger partial charge >= 0.3 is 0 Å². The summed E-state index contributed by atoms with van der Waals surface area (Å²) in [6.45, 7) is 5.30. The van der Waals surface area contributed by atoms with E-state index in [1.165, 1.54) is 5.56 Å². The third kappa shape index (κ3) is 2.83. The molecule has 1 aromatic heterocycles. The van der Waals surface area contributed by atoms with Crippen LogP contribution in [0.3, 0.4) is 0 Å². The highest BCUT2D eigenvalue weighted by molar-refractivity contribution is 6.04. The van der Waals surface area contributed by atoms with Crippen LogP contribution >= 0.6 is 0 Å². The molecule has 0 spiro atoms. The predicted molar refractivity (Wildman–Crippen MR) is 80.6 cm³/mol. The van der Waals surface area contributed by atoms with Gasteiger partial charge in [0.05, 0.1) is 23.7 Å². The summed E-state index contributed by atoms with van der Waals surface area (Å²) in [6.07, 6.45) is 1.02. The van der Waals surface area contributed by atoms with Gasteiger partial charge in [0, 0.05) is 18.1 Å². The largest absolute Gasteiger partial charge is 0.381 e. The van der Waals surface area contributed by atoms with E-state index in [0.29, 0.717) is 11.5 Å². The van der Waals surface area contributed by atoms with Gasteiger partial charge in [0.2, 0.25) is 0 Å². The third-order valence-corrected chi connectivity index (χ3v) is 3.92. The van der Waals surface area contributed by atoms with Gasteiger partial charge in [-0.3, -0.25) is 9.89 Å². The molecule has 2 heterocycles. The van der Waals surface area contributed by atoms with E-state index in [4.69, 9.17) is 4.74 Å². The van der Waals surface area contributed by atoms with E-state index in [2.05, 4.69) is 21.6 Å². The smallest absolute Gasteiger partial charge is 0.255 e. The topological polar surface area (TPSA) is 67.0 Å². The summed E-state index contributed by atoms with van der Waals surface area (Å²) in [5, 5.41) is 9.88. The lowest BCUT2D eigenvalue weighted by molar-refractivity contribution is 0.102. The molecular formula is C16H19N3O2. The van der Waals surface area contributed by atoms with E-state index >= 15 is 0 Å². The van der Waals surface area contributed by atoms with Crippen molar-refractivity contribution in [2.24, 2.45) is 0 Å². The minimum absolute atomic E-state index is 0.108. The van der Waals surface area contributed by atoms with Crippen molar-refractivity contribution in [3.8, 4) is 0 Å². The Balaban J connectivity index is 1.80. The fraction of sp³-hybridized carbons (Fsp3) is 0.375. The number of hydrogen-bond donors (Lipinski definition) is 2. The van der Waals surface area contributed by atoms with Crippen molar-refractivity contribution in [1.29, 1.82) is 0 Å². The Labute approximate surface area is 123 Å². The molecule has 0 radical (unpaired) electrons. The quantitative estimate of drug-likeness (QED) is 0.911. The van der Waals surface area contributed by atoms with Crippen LogP contribution < -0.4 is 5.32 Å². The fourth-order valence-corrected chi connectivity index (χ4v) is 2.65. The molecule has 2 aromatic rings. The van der Waals surface area contributed by atoms with Crippen LogP contribution in [-0.2, 0) is 4.74 Å². The zero-order valence-corrected chi connectivity index (χ0v) is 12.3. The second-order valence-electron chi connectivity index (χ2n) is 5.45. The van der Waals surface area contributed by atoms with E-state index in [1.807, 2.05) is 32.0 Å². The first-order chi connectivity index (χ1) is 10.1. The minimum Gasteiger partial charge on any atom is -0.381 e. The van der Waals surface area contributed by atoms with Crippen LogP contribution in [0.1, 0.15) is 39.6 Å². The number of carbonyl (C=O) groups is 1. The number of H-pyrrole nitrogens is 1. The monoisotopic (exact) mass is 285 g/mol. The van der Waals surface area contributed by atoms with Gasteiger partial charge in [0.1, 0.15) is 0 Å². The first-order valence-corrected chi connectivity index (χ1v) is 7.16. The summed E-state index contributed by atoms with van der Waals surface area (Å²) in [6, 6.07) is 7.78. The highest BCUT2D eigenvalue weighted by atomic mass is 16.5. The second kappa shape index (κ2) is 5.69. The van der Waals surface area contributed by atoms with Crippen LogP contribution in [-0.4, -0.2) is 29.3 Å². The number of anilines is 1. The van der Waals surface area contributed by atoms with Crippen molar-refractivity contribution in [3.05, 3.63) is 46.8 Å². The van der Waals surface area contributed by atoms with Crippen molar-refractivity contribution in [2.75, 3.05) is 18.5 Å². The zero-order valence-electron chi connectivity index (χ0n) is 12.3. The first kappa shape index (κ1) is 13.8. The zero-order chi connectivity index (χ0) is 14.8. The number of ether oxygens (including phenoxy) is 1. The number of carbonyl (C=O) groups excluding carboxylic acids is 1. The molecule has 2 N–H and O–H groups in total. The maximum Gasteiger partial charge on any atom is 0.255 e. The van der Waals surface area contributed by atoms with Crippen LogP contribution in [0.5, 0.6) is 0 Å². The molecule has 3 rings (SSSR count). The normalized spacial score (nSPS) is 17.9. The van der Waals surface area contributed by atoms with E-state index in [-0.39, 0.29) is 5.91 Å². The predicted octanol–water partition coefficient (Wildman–Crippen LogP) is 2.78. The number of aryl methyl sites for hydroxylation is 2. The van der Waals surface area contributed by atoms with Crippen LogP contribution in [0, 0.1) is 13.8 Å². The maximum absolute atomic E-state index is 12.4. The van der Waals surface area contributed by atoms with Gasteiger partial charge in [-0.1, -0.05) is 12.1 Å². The Morgan fingerprint density at radius 3 is 2.95 bits per heavy atom. The molecule has 1 saturated heterocycles. The summed E-state index contributed by atoms with van der Waals surface area (Å²) < 4.78 is 5.42. The average Bonchev–Trinajstić information content (AvgIpc) is 3.13. The number of nitrogens with zero attached hydrogens (tertiary/aromatic N) is 1. The summed E-state index contributed by atoms with van der Waals surface area (Å²) in [5.74, 6) is 0.290. The van der Waals surface area contributed by atoms with Crippen molar-refractivity contribution >= 4 is 11.6 Å². The molecule has 0 aliphatic carbocycles. The van der Waals surface area contributed by atoms with E-state index in [0.717, 1.165) is 36.7 Å². The molecule has 5 heteroatoms. The van der Waals surface area contributed by atoms with Crippen LogP contribution in [0.15, 0.2) is 24.3 Å². The van der Waals surface area contributed by atoms with Gasteiger partial charge in [-0.25, -0.2) is 0 Å². The summed E-state index contributed by atoms with van der Waals surface area (Å²) in [5.41, 5.74) is 4.25. The molecule has 1 atom stereocenters. The molecule has 1 amide bonds. The fourth-order valence-electron chi connectivity index (χ4n) is 2.65. The standard InChI is InChI=1S/C16H19N3O2/c1-10-15(11(2)19-18-10)17-16(20)13-5-3-4-12(8-13)14-6-7-21-9-14/h3-5,8,14H,6-7,9H2,1-2H3,(H,17,20)(H,18,19). The van der Waals surface area contributed by atoms with Gasteiger partial charge < -0.3 is 10.1 Å². The lowest BCUT2D eigenvalue weighted by atomic mass is 9.96. The Morgan fingerprint density at radius 2 is 2.29 bits per heavy atom. The number of aromatic nitrogens is 2. The maximum atomic E-state index is 12.4. The number of aromatic amines is 1. The first-order valence-electron chi connectivity index (χ1n) is 7.16. The number of hydrogen-bond acceptors (Lipinski definition) is 3. The molecule has 0 bridgehead atoms. The molecular weight excluding hydrogens is 266 g/mol. The van der Waals surface area contributed by atoms with Crippen LogP contribution in [0.4, 0.5) is 5.69 Å². The van der Waals surface area contributed by atoms with Gasteiger partial charge in [-0.15, -0.1) is 0 Å². The highest BCUT2D eigenvalue weighted by Gasteiger charge is 2.19. The molecule has 1 unspecified atom stereocenters. The molecule has 1 aliphatic rings. The average molecular weight is 285 g/mol. The number of nitrogens with one attached hydrogen (secondary N) is 2. The SMILES string of the molecule is Cc1n[nH]c(C)c1NC(=O)c1cccc(C2CCOC2)c1. The van der Waals surface area contributed by atoms with Gasteiger partial charge in [-0.2, -0.15) is 5.10 Å². The van der Waals surface area contributed by atoms with Crippen LogP contribution in [0.25, 0.3) is 0 Å². The number of amides is 1. The molecule has 1 aromatic carbocycles.